The number of fused-ring (bicyclic) bond motifs is 1. The molecule has 0 saturated carbocycles. The standard InChI is InChI=1S/C19H12BrFN6O3/c20-13-4-2-1-3-12(13)17-22-14(30-24-17)9-26-16-15(23-25-26)18(28)27(19(16)29)11-7-5-10(21)6-8-11/h1-8,15-16H,9H2/t15-,16-/m1/s1. The van der Waals surface area contributed by atoms with Gasteiger partial charge in [-0.1, -0.05) is 38.4 Å². The summed E-state index contributed by atoms with van der Waals surface area (Å²) in [5, 5.41) is 13.2. The van der Waals surface area contributed by atoms with Crippen LogP contribution in [0.1, 0.15) is 5.89 Å². The van der Waals surface area contributed by atoms with Gasteiger partial charge in [-0.3, -0.25) is 14.6 Å². The molecule has 0 unspecified atom stereocenters. The molecule has 1 aromatic heterocycles. The molecule has 150 valence electrons. The van der Waals surface area contributed by atoms with E-state index in [1.165, 1.54) is 29.3 Å². The fraction of sp³-hybridized carbons (Fsp3) is 0.158. The van der Waals surface area contributed by atoms with Crippen molar-refractivity contribution in [2.24, 2.45) is 10.3 Å². The van der Waals surface area contributed by atoms with E-state index in [0.29, 0.717) is 5.82 Å². The molecule has 0 bridgehead atoms. The van der Waals surface area contributed by atoms with E-state index in [4.69, 9.17) is 4.52 Å². The highest BCUT2D eigenvalue weighted by Crippen LogP contribution is 2.33. The van der Waals surface area contributed by atoms with Crippen molar-refractivity contribution in [1.82, 2.24) is 15.1 Å². The fourth-order valence-corrected chi connectivity index (χ4v) is 3.87. The average Bonchev–Trinajstić information content (AvgIpc) is 3.42. The van der Waals surface area contributed by atoms with E-state index in [-0.39, 0.29) is 18.1 Å². The quantitative estimate of drug-likeness (QED) is 0.542. The lowest BCUT2D eigenvalue weighted by Crippen LogP contribution is -2.39. The van der Waals surface area contributed by atoms with Crippen LogP contribution in [0.3, 0.4) is 0 Å². The Bertz CT molecular complexity index is 1180. The second kappa shape index (κ2) is 7.10. The lowest BCUT2D eigenvalue weighted by molar-refractivity contribution is -0.123. The predicted molar refractivity (Wildman–Crippen MR) is 104 cm³/mol. The van der Waals surface area contributed by atoms with Crippen LogP contribution in [0.25, 0.3) is 11.4 Å². The van der Waals surface area contributed by atoms with Gasteiger partial charge in [0.1, 0.15) is 12.4 Å². The SMILES string of the molecule is O=C1[C@@H]2N=NN(Cc3nc(-c4ccccc4Br)no3)[C@H]2C(=O)N1c1ccc(F)cc1. The summed E-state index contributed by atoms with van der Waals surface area (Å²) in [6.07, 6.45) is 0. The summed E-state index contributed by atoms with van der Waals surface area (Å²) >= 11 is 3.44. The Labute approximate surface area is 177 Å². The molecule has 2 aliphatic rings. The Morgan fingerprint density at radius 3 is 2.60 bits per heavy atom. The molecule has 9 nitrogen and oxygen atoms in total. The van der Waals surface area contributed by atoms with Crippen LogP contribution in [0.2, 0.25) is 0 Å². The molecular formula is C19H12BrFN6O3. The van der Waals surface area contributed by atoms with Crippen LogP contribution in [0, 0.1) is 5.82 Å². The first-order valence-electron chi connectivity index (χ1n) is 8.91. The first kappa shape index (κ1) is 18.6. The highest BCUT2D eigenvalue weighted by atomic mass is 79.9. The summed E-state index contributed by atoms with van der Waals surface area (Å²) in [6, 6.07) is 10.6. The summed E-state index contributed by atoms with van der Waals surface area (Å²) in [7, 11) is 0. The maximum Gasteiger partial charge on any atom is 0.263 e. The van der Waals surface area contributed by atoms with Gasteiger partial charge in [0.25, 0.3) is 11.8 Å². The number of halogens is 2. The van der Waals surface area contributed by atoms with Crippen LogP contribution < -0.4 is 4.90 Å². The van der Waals surface area contributed by atoms with Crippen LogP contribution in [0.15, 0.2) is 67.9 Å². The smallest absolute Gasteiger partial charge is 0.263 e. The molecule has 2 aliphatic heterocycles. The molecule has 0 aliphatic carbocycles. The van der Waals surface area contributed by atoms with Crippen molar-refractivity contribution in [3.63, 3.8) is 0 Å². The van der Waals surface area contributed by atoms with Gasteiger partial charge in [-0.2, -0.15) is 10.1 Å². The molecule has 2 amide bonds. The Morgan fingerprint density at radius 2 is 1.83 bits per heavy atom. The summed E-state index contributed by atoms with van der Waals surface area (Å²) < 4.78 is 19.3. The Kier molecular flexibility index (Phi) is 4.39. The number of benzene rings is 2. The number of nitrogens with zero attached hydrogens (tertiary/aromatic N) is 6. The van der Waals surface area contributed by atoms with Crippen LogP contribution in [-0.2, 0) is 16.1 Å². The molecule has 1 saturated heterocycles. The van der Waals surface area contributed by atoms with E-state index in [2.05, 4.69) is 36.4 Å². The normalized spacial score (nSPS) is 20.3. The highest BCUT2D eigenvalue weighted by Gasteiger charge is 2.55. The van der Waals surface area contributed by atoms with Gasteiger partial charge in [0.2, 0.25) is 11.7 Å². The first-order valence-corrected chi connectivity index (χ1v) is 9.70. The van der Waals surface area contributed by atoms with Crippen LogP contribution in [0.4, 0.5) is 10.1 Å². The molecule has 5 rings (SSSR count). The van der Waals surface area contributed by atoms with E-state index in [1.54, 1.807) is 0 Å². The zero-order valence-corrected chi connectivity index (χ0v) is 16.7. The van der Waals surface area contributed by atoms with E-state index >= 15 is 0 Å². The maximum atomic E-state index is 13.2. The number of amides is 2. The molecule has 11 heteroatoms. The molecule has 2 aromatic carbocycles. The monoisotopic (exact) mass is 470 g/mol. The van der Waals surface area contributed by atoms with Crippen molar-refractivity contribution >= 4 is 33.4 Å². The molecule has 3 heterocycles. The molecule has 1 fully saturated rings. The minimum Gasteiger partial charge on any atom is -0.337 e. The van der Waals surface area contributed by atoms with Gasteiger partial charge < -0.3 is 4.52 Å². The molecule has 30 heavy (non-hydrogen) atoms. The highest BCUT2D eigenvalue weighted by molar-refractivity contribution is 9.10. The van der Waals surface area contributed by atoms with Gasteiger partial charge in [0, 0.05) is 10.0 Å². The summed E-state index contributed by atoms with van der Waals surface area (Å²) in [5.41, 5.74) is 1.04. The minimum absolute atomic E-state index is 0.0123. The first-order chi connectivity index (χ1) is 14.5. The molecule has 2 atom stereocenters. The number of carbonyl (C=O) groups is 2. The lowest BCUT2D eigenvalue weighted by Gasteiger charge is -2.19. The Hall–Kier alpha value is -3.47. The van der Waals surface area contributed by atoms with Crippen molar-refractivity contribution < 1.29 is 18.5 Å². The van der Waals surface area contributed by atoms with Gasteiger partial charge in [0.05, 0.1) is 5.69 Å². The van der Waals surface area contributed by atoms with Gasteiger partial charge >= 0.3 is 0 Å². The maximum absolute atomic E-state index is 13.2. The van der Waals surface area contributed by atoms with Crippen LogP contribution >= 0.6 is 15.9 Å². The third-order valence-corrected chi connectivity index (χ3v) is 5.51. The second-order valence-corrected chi connectivity index (χ2v) is 7.53. The van der Waals surface area contributed by atoms with Crippen molar-refractivity contribution in [3.05, 3.63) is 64.7 Å². The summed E-state index contributed by atoms with van der Waals surface area (Å²) in [5.74, 6) is -0.862. The van der Waals surface area contributed by atoms with Crippen LogP contribution in [-0.4, -0.2) is 39.0 Å². The van der Waals surface area contributed by atoms with Crippen molar-refractivity contribution in [2.45, 2.75) is 18.6 Å². The minimum atomic E-state index is -0.965. The predicted octanol–water partition coefficient (Wildman–Crippen LogP) is 3.13. The zero-order valence-electron chi connectivity index (χ0n) is 15.1. The van der Waals surface area contributed by atoms with Gasteiger partial charge in [0.15, 0.2) is 12.1 Å². The number of carbonyl (C=O) groups excluding carboxylic acids is 2. The largest absolute Gasteiger partial charge is 0.337 e. The zero-order chi connectivity index (χ0) is 20.8. The number of anilines is 1. The van der Waals surface area contributed by atoms with Crippen molar-refractivity contribution in [3.8, 4) is 11.4 Å². The van der Waals surface area contributed by atoms with Crippen molar-refractivity contribution in [2.75, 3.05) is 4.90 Å². The Balaban J connectivity index is 1.37. The van der Waals surface area contributed by atoms with Crippen molar-refractivity contribution in [1.29, 1.82) is 0 Å². The topological polar surface area (TPSA) is 104 Å². The third kappa shape index (κ3) is 2.98. The van der Waals surface area contributed by atoms with E-state index in [0.717, 1.165) is 14.9 Å². The van der Waals surface area contributed by atoms with E-state index < -0.39 is 29.7 Å². The third-order valence-electron chi connectivity index (χ3n) is 4.82. The number of aromatic nitrogens is 2. The van der Waals surface area contributed by atoms with Gasteiger partial charge in [-0.15, -0.1) is 0 Å². The number of hydrogen-bond donors (Lipinski definition) is 0. The molecular weight excluding hydrogens is 459 g/mol. The molecule has 0 spiro atoms. The lowest BCUT2D eigenvalue weighted by atomic mass is 10.1. The van der Waals surface area contributed by atoms with Gasteiger partial charge in [-0.25, -0.2) is 9.29 Å². The summed E-state index contributed by atoms with van der Waals surface area (Å²) in [6.45, 7) is 0.0123. The molecule has 0 radical (unpaired) electrons. The van der Waals surface area contributed by atoms with E-state index in [1.807, 2.05) is 24.3 Å². The second-order valence-electron chi connectivity index (χ2n) is 6.67. The molecule has 3 aromatic rings. The summed E-state index contributed by atoms with van der Waals surface area (Å²) in [4.78, 5) is 31.0. The number of imide groups is 1. The Morgan fingerprint density at radius 1 is 1.07 bits per heavy atom. The average molecular weight is 471 g/mol. The van der Waals surface area contributed by atoms with Gasteiger partial charge in [-0.05, 0) is 36.4 Å². The van der Waals surface area contributed by atoms with E-state index in [9.17, 15) is 14.0 Å². The fourth-order valence-electron chi connectivity index (χ4n) is 3.41. The number of hydrogen-bond acceptors (Lipinski definition) is 8. The number of rotatable bonds is 4. The van der Waals surface area contributed by atoms with Crippen LogP contribution in [0.5, 0.6) is 0 Å². The molecule has 0 N–H and O–H groups in total.